The Labute approximate surface area is 154 Å². The van der Waals surface area contributed by atoms with Crippen molar-refractivity contribution >= 4 is 17.5 Å². The summed E-state index contributed by atoms with van der Waals surface area (Å²) in [6, 6.07) is 3.12. The average Bonchev–Trinajstić information content (AvgIpc) is 2.64. The summed E-state index contributed by atoms with van der Waals surface area (Å²) in [4.78, 5) is 33.5. The van der Waals surface area contributed by atoms with Gasteiger partial charge in [0, 0.05) is 42.5 Å². The molecule has 1 aliphatic heterocycles. The number of carbonyl (C=O) groups is 1. The minimum atomic E-state index is -1.04. The summed E-state index contributed by atoms with van der Waals surface area (Å²) in [5, 5.41) is 2.48. The van der Waals surface area contributed by atoms with Crippen molar-refractivity contribution < 1.29 is 18.3 Å². The molecule has 1 aromatic heterocycles. The number of nitrogens with one attached hydrogen (secondary N) is 2. The Bertz CT molecular complexity index is 895. The number of benzene rings is 1. The third-order valence-corrected chi connectivity index (χ3v) is 4.33. The molecule has 9 heteroatoms. The van der Waals surface area contributed by atoms with E-state index in [0.29, 0.717) is 43.5 Å². The highest BCUT2D eigenvalue weighted by Gasteiger charge is 2.17. The van der Waals surface area contributed by atoms with Crippen LogP contribution in [-0.2, 0) is 16.0 Å². The molecule has 1 fully saturated rings. The molecule has 1 aromatic carbocycles. The number of hydrogen-bond acceptors (Lipinski definition) is 5. The van der Waals surface area contributed by atoms with Crippen LogP contribution >= 0.6 is 0 Å². The van der Waals surface area contributed by atoms with E-state index in [2.05, 4.69) is 15.3 Å². The molecular weight excluding hydrogens is 358 g/mol. The first kappa shape index (κ1) is 19.0. The first-order chi connectivity index (χ1) is 12.9. The van der Waals surface area contributed by atoms with Crippen molar-refractivity contribution in [2.75, 3.05) is 36.5 Å². The van der Waals surface area contributed by atoms with Crippen LogP contribution in [0.1, 0.15) is 17.7 Å². The molecule has 3 rings (SSSR count). The minimum absolute atomic E-state index is 0.0154. The van der Waals surface area contributed by atoms with Gasteiger partial charge in [0.05, 0.1) is 13.2 Å². The van der Waals surface area contributed by atoms with Gasteiger partial charge in [0.15, 0.2) is 11.6 Å². The number of amides is 1. The number of aromatic nitrogens is 2. The topological polar surface area (TPSA) is 87.3 Å². The molecule has 27 heavy (non-hydrogen) atoms. The maximum absolute atomic E-state index is 13.2. The van der Waals surface area contributed by atoms with E-state index in [4.69, 9.17) is 4.74 Å². The minimum Gasteiger partial charge on any atom is -0.378 e. The first-order valence-corrected chi connectivity index (χ1v) is 8.61. The fourth-order valence-corrected chi connectivity index (χ4v) is 2.85. The van der Waals surface area contributed by atoms with Crippen molar-refractivity contribution in [2.45, 2.75) is 19.8 Å². The van der Waals surface area contributed by atoms with Gasteiger partial charge in [-0.15, -0.1) is 0 Å². The van der Waals surface area contributed by atoms with Crippen LogP contribution in [0.2, 0.25) is 0 Å². The van der Waals surface area contributed by atoms with Gasteiger partial charge in [0.2, 0.25) is 11.9 Å². The Morgan fingerprint density at radius 2 is 2.04 bits per heavy atom. The van der Waals surface area contributed by atoms with Gasteiger partial charge in [-0.2, -0.15) is 0 Å². The number of aromatic amines is 1. The zero-order chi connectivity index (χ0) is 19.4. The van der Waals surface area contributed by atoms with E-state index < -0.39 is 17.5 Å². The van der Waals surface area contributed by atoms with Gasteiger partial charge in [0.1, 0.15) is 0 Å². The Balaban J connectivity index is 1.64. The van der Waals surface area contributed by atoms with Gasteiger partial charge in [0.25, 0.3) is 5.56 Å². The van der Waals surface area contributed by atoms with Gasteiger partial charge in [-0.25, -0.2) is 13.8 Å². The number of H-pyrrole nitrogens is 1. The van der Waals surface area contributed by atoms with Gasteiger partial charge in [-0.3, -0.25) is 14.6 Å². The molecule has 0 saturated carbocycles. The number of anilines is 2. The number of carbonyl (C=O) groups excluding carboxylic acids is 1. The van der Waals surface area contributed by atoms with Crippen LogP contribution in [0.5, 0.6) is 0 Å². The van der Waals surface area contributed by atoms with Gasteiger partial charge >= 0.3 is 0 Å². The number of ether oxygens (including phenoxy) is 1. The second-order valence-corrected chi connectivity index (χ2v) is 6.23. The number of morpholine rings is 1. The number of rotatable bonds is 5. The van der Waals surface area contributed by atoms with Crippen molar-refractivity contribution in [3.63, 3.8) is 0 Å². The smallest absolute Gasteiger partial charge is 0.255 e. The van der Waals surface area contributed by atoms with E-state index in [-0.39, 0.29) is 24.1 Å². The van der Waals surface area contributed by atoms with Crippen LogP contribution < -0.4 is 15.8 Å². The predicted molar refractivity (Wildman–Crippen MR) is 95.9 cm³/mol. The van der Waals surface area contributed by atoms with E-state index in [1.165, 1.54) is 6.07 Å². The molecule has 1 saturated heterocycles. The molecule has 0 unspecified atom stereocenters. The third-order valence-electron chi connectivity index (χ3n) is 4.33. The van der Waals surface area contributed by atoms with Crippen molar-refractivity contribution in [2.24, 2.45) is 0 Å². The van der Waals surface area contributed by atoms with Crippen LogP contribution in [0.4, 0.5) is 20.4 Å². The van der Waals surface area contributed by atoms with Crippen LogP contribution in [0.25, 0.3) is 0 Å². The lowest BCUT2D eigenvalue weighted by Crippen LogP contribution is -2.38. The molecule has 144 valence electrons. The summed E-state index contributed by atoms with van der Waals surface area (Å²) in [6.45, 7) is 4.18. The number of hydrogen-bond donors (Lipinski definition) is 2. The lowest BCUT2D eigenvalue weighted by atomic mass is 10.1. The highest BCUT2D eigenvalue weighted by Crippen LogP contribution is 2.14. The number of nitrogens with zero attached hydrogens (tertiary/aromatic N) is 2. The molecule has 0 aliphatic carbocycles. The fourth-order valence-electron chi connectivity index (χ4n) is 2.85. The van der Waals surface area contributed by atoms with Gasteiger partial charge < -0.3 is 15.0 Å². The van der Waals surface area contributed by atoms with Crippen LogP contribution in [0, 0.1) is 18.6 Å². The van der Waals surface area contributed by atoms with E-state index in [0.717, 1.165) is 12.1 Å². The SMILES string of the molecule is Cc1nc(N2CCOCC2)[nH]c(=O)c1CCC(=O)Nc1ccc(F)c(F)c1. The Morgan fingerprint density at radius 1 is 1.30 bits per heavy atom. The summed E-state index contributed by atoms with van der Waals surface area (Å²) >= 11 is 0. The summed E-state index contributed by atoms with van der Waals surface area (Å²) in [7, 11) is 0. The molecule has 7 nitrogen and oxygen atoms in total. The molecule has 2 aromatic rings. The Morgan fingerprint density at radius 3 is 2.70 bits per heavy atom. The second-order valence-electron chi connectivity index (χ2n) is 6.23. The average molecular weight is 378 g/mol. The normalized spacial score (nSPS) is 14.3. The monoisotopic (exact) mass is 378 g/mol. The van der Waals surface area contributed by atoms with Gasteiger partial charge in [-0.1, -0.05) is 0 Å². The summed E-state index contributed by atoms with van der Waals surface area (Å²) in [5.74, 6) is -1.93. The third kappa shape index (κ3) is 4.68. The molecule has 1 aliphatic rings. The fraction of sp³-hybridized carbons (Fsp3) is 0.389. The van der Waals surface area contributed by atoms with Crippen molar-refractivity contribution in [1.29, 1.82) is 0 Å². The maximum atomic E-state index is 13.2. The summed E-state index contributed by atoms with van der Waals surface area (Å²) < 4.78 is 31.4. The number of aryl methyl sites for hydroxylation is 1. The molecule has 0 bridgehead atoms. The maximum Gasteiger partial charge on any atom is 0.255 e. The molecular formula is C18H20F2N4O3. The lowest BCUT2D eigenvalue weighted by Gasteiger charge is -2.27. The standard InChI is InChI=1S/C18H20F2N4O3/c1-11-13(17(26)23-18(21-11)24-6-8-27-9-7-24)3-5-16(25)22-12-2-4-14(19)15(20)10-12/h2,4,10H,3,5-9H2,1H3,(H,22,25)(H,21,23,26). The van der Waals surface area contributed by atoms with Crippen LogP contribution in [0.15, 0.2) is 23.0 Å². The molecule has 0 spiro atoms. The van der Waals surface area contributed by atoms with Crippen molar-refractivity contribution in [1.82, 2.24) is 9.97 Å². The van der Waals surface area contributed by atoms with Crippen molar-refractivity contribution in [3.05, 3.63) is 51.4 Å². The van der Waals surface area contributed by atoms with Crippen LogP contribution in [-0.4, -0.2) is 42.2 Å². The molecule has 1 amide bonds. The molecule has 2 N–H and O–H groups in total. The lowest BCUT2D eigenvalue weighted by molar-refractivity contribution is -0.116. The first-order valence-electron chi connectivity index (χ1n) is 8.61. The second kappa shape index (κ2) is 8.26. The number of halogens is 2. The molecule has 0 radical (unpaired) electrons. The van der Waals surface area contributed by atoms with E-state index in [9.17, 15) is 18.4 Å². The zero-order valence-electron chi connectivity index (χ0n) is 14.8. The van der Waals surface area contributed by atoms with Crippen LogP contribution in [0.3, 0.4) is 0 Å². The highest BCUT2D eigenvalue weighted by molar-refractivity contribution is 5.90. The van der Waals surface area contributed by atoms with E-state index in [1.807, 2.05) is 4.90 Å². The van der Waals surface area contributed by atoms with Gasteiger partial charge in [-0.05, 0) is 25.5 Å². The Hall–Kier alpha value is -2.81. The van der Waals surface area contributed by atoms with E-state index >= 15 is 0 Å². The zero-order valence-corrected chi connectivity index (χ0v) is 14.8. The quantitative estimate of drug-likeness (QED) is 0.828. The molecule has 0 atom stereocenters. The highest BCUT2D eigenvalue weighted by atomic mass is 19.2. The van der Waals surface area contributed by atoms with Crippen molar-refractivity contribution in [3.8, 4) is 0 Å². The van der Waals surface area contributed by atoms with E-state index in [1.54, 1.807) is 6.92 Å². The molecule has 2 heterocycles. The predicted octanol–water partition coefficient (Wildman–Crippen LogP) is 1.76. The Kier molecular flexibility index (Phi) is 5.80. The summed E-state index contributed by atoms with van der Waals surface area (Å²) in [5.41, 5.74) is 0.850. The summed E-state index contributed by atoms with van der Waals surface area (Å²) in [6.07, 6.45) is 0.203. The largest absolute Gasteiger partial charge is 0.378 e.